The van der Waals surface area contributed by atoms with E-state index in [2.05, 4.69) is 5.32 Å². The molecule has 1 aliphatic heterocycles. The average molecular weight is 341 g/mol. The number of carbonyl (C=O) groups is 2. The van der Waals surface area contributed by atoms with Crippen LogP contribution in [0.2, 0.25) is 0 Å². The molecule has 0 bridgehead atoms. The predicted molar refractivity (Wildman–Crippen MR) is 82.9 cm³/mol. The Kier molecular flexibility index (Phi) is 5.59. The van der Waals surface area contributed by atoms with Gasteiger partial charge in [0.05, 0.1) is 25.0 Å². The SMILES string of the molecule is COc1ccc(CC(=O)OCC(=O)N[C@H]2CCS(=O)(=O)C2)cc1. The van der Waals surface area contributed by atoms with Crippen LogP contribution in [0, 0.1) is 0 Å². The van der Waals surface area contributed by atoms with Crippen molar-refractivity contribution >= 4 is 21.7 Å². The molecule has 1 N–H and O–H groups in total. The highest BCUT2D eigenvalue weighted by Gasteiger charge is 2.28. The van der Waals surface area contributed by atoms with Crippen LogP contribution in [0.3, 0.4) is 0 Å². The molecule has 0 unspecified atom stereocenters. The van der Waals surface area contributed by atoms with Crippen molar-refractivity contribution in [3.8, 4) is 5.75 Å². The van der Waals surface area contributed by atoms with Gasteiger partial charge in [-0.15, -0.1) is 0 Å². The molecule has 1 atom stereocenters. The molecule has 126 valence electrons. The fraction of sp³-hybridized carbons (Fsp3) is 0.467. The third-order valence-electron chi connectivity index (χ3n) is 3.47. The molecule has 0 radical (unpaired) electrons. The molecular formula is C15H19NO6S. The number of nitrogens with one attached hydrogen (secondary N) is 1. The fourth-order valence-corrected chi connectivity index (χ4v) is 3.96. The van der Waals surface area contributed by atoms with Crippen molar-refractivity contribution in [2.45, 2.75) is 18.9 Å². The van der Waals surface area contributed by atoms with Crippen molar-refractivity contribution in [2.24, 2.45) is 0 Å². The lowest BCUT2D eigenvalue weighted by atomic mass is 10.1. The largest absolute Gasteiger partial charge is 0.497 e. The molecule has 1 aliphatic rings. The summed E-state index contributed by atoms with van der Waals surface area (Å²) in [6, 6.07) is 6.55. The molecule has 2 rings (SSSR count). The summed E-state index contributed by atoms with van der Waals surface area (Å²) in [5, 5.41) is 2.56. The predicted octanol–water partition coefficient (Wildman–Crippen LogP) is 0.0842. The van der Waals surface area contributed by atoms with E-state index in [-0.39, 0.29) is 17.9 Å². The Balaban J connectivity index is 1.72. The number of ether oxygens (including phenoxy) is 2. The van der Waals surface area contributed by atoms with Crippen LogP contribution < -0.4 is 10.1 Å². The van der Waals surface area contributed by atoms with Gasteiger partial charge in [0.15, 0.2) is 16.4 Å². The quantitative estimate of drug-likeness (QED) is 0.736. The Morgan fingerprint density at radius 2 is 1.96 bits per heavy atom. The van der Waals surface area contributed by atoms with E-state index >= 15 is 0 Å². The van der Waals surface area contributed by atoms with Crippen molar-refractivity contribution in [3.05, 3.63) is 29.8 Å². The second-order valence-corrected chi connectivity index (χ2v) is 7.58. The summed E-state index contributed by atoms with van der Waals surface area (Å²) < 4.78 is 32.5. The first kappa shape index (κ1) is 17.3. The molecule has 1 aromatic carbocycles. The van der Waals surface area contributed by atoms with E-state index in [1.54, 1.807) is 31.4 Å². The van der Waals surface area contributed by atoms with Crippen molar-refractivity contribution in [2.75, 3.05) is 25.2 Å². The van der Waals surface area contributed by atoms with Crippen LogP contribution >= 0.6 is 0 Å². The highest BCUT2D eigenvalue weighted by Crippen LogP contribution is 2.12. The number of methoxy groups -OCH3 is 1. The van der Waals surface area contributed by atoms with Crippen LogP contribution in [0.1, 0.15) is 12.0 Å². The van der Waals surface area contributed by atoms with Crippen molar-refractivity contribution < 1.29 is 27.5 Å². The van der Waals surface area contributed by atoms with Crippen LogP contribution in [0.5, 0.6) is 5.75 Å². The lowest BCUT2D eigenvalue weighted by Crippen LogP contribution is -2.38. The van der Waals surface area contributed by atoms with Crippen LogP contribution in [0.15, 0.2) is 24.3 Å². The highest BCUT2D eigenvalue weighted by molar-refractivity contribution is 7.91. The minimum atomic E-state index is -3.05. The topological polar surface area (TPSA) is 98.8 Å². The summed E-state index contributed by atoms with van der Waals surface area (Å²) in [4.78, 5) is 23.3. The first-order valence-corrected chi connectivity index (χ1v) is 8.98. The standard InChI is InChI=1S/C15H19NO6S/c1-21-13-4-2-11(3-5-13)8-15(18)22-9-14(17)16-12-6-7-23(19,20)10-12/h2-5,12H,6-10H2,1H3,(H,16,17)/t12-/m0/s1. The summed E-state index contributed by atoms with van der Waals surface area (Å²) in [6.45, 7) is -0.411. The van der Waals surface area contributed by atoms with Crippen molar-refractivity contribution in [3.63, 3.8) is 0 Å². The van der Waals surface area contributed by atoms with Gasteiger partial charge in [-0.2, -0.15) is 0 Å². The Hall–Kier alpha value is -2.09. The molecule has 0 spiro atoms. The molecule has 1 aromatic rings. The Labute approximate surface area is 134 Å². The van der Waals surface area contributed by atoms with Gasteiger partial charge in [-0.1, -0.05) is 12.1 Å². The van der Waals surface area contributed by atoms with E-state index in [0.717, 1.165) is 5.56 Å². The number of rotatable bonds is 6. The van der Waals surface area contributed by atoms with E-state index in [4.69, 9.17) is 9.47 Å². The molecule has 1 fully saturated rings. The zero-order valence-corrected chi connectivity index (χ0v) is 13.6. The van der Waals surface area contributed by atoms with Gasteiger partial charge in [-0.25, -0.2) is 8.42 Å². The van der Waals surface area contributed by atoms with Gasteiger partial charge in [0.2, 0.25) is 0 Å². The first-order chi connectivity index (χ1) is 10.9. The molecule has 0 aliphatic carbocycles. The number of hydrogen-bond donors (Lipinski definition) is 1. The molecule has 0 saturated carbocycles. The van der Waals surface area contributed by atoms with E-state index in [0.29, 0.717) is 12.2 Å². The summed E-state index contributed by atoms with van der Waals surface area (Å²) in [5.41, 5.74) is 0.748. The minimum Gasteiger partial charge on any atom is -0.497 e. The molecular weight excluding hydrogens is 322 g/mol. The van der Waals surface area contributed by atoms with Crippen molar-refractivity contribution in [1.82, 2.24) is 5.32 Å². The molecule has 1 heterocycles. The molecule has 1 saturated heterocycles. The zero-order valence-electron chi connectivity index (χ0n) is 12.8. The second-order valence-electron chi connectivity index (χ2n) is 5.35. The number of carbonyl (C=O) groups excluding carboxylic acids is 2. The molecule has 1 amide bonds. The smallest absolute Gasteiger partial charge is 0.310 e. The van der Waals surface area contributed by atoms with Crippen LogP contribution in [0.4, 0.5) is 0 Å². The third kappa shape index (κ3) is 5.55. The van der Waals surface area contributed by atoms with Gasteiger partial charge in [-0.3, -0.25) is 9.59 Å². The Morgan fingerprint density at radius 1 is 1.26 bits per heavy atom. The third-order valence-corrected chi connectivity index (χ3v) is 5.24. The van der Waals surface area contributed by atoms with E-state index in [1.165, 1.54) is 0 Å². The highest BCUT2D eigenvalue weighted by atomic mass is 32.2. The van der Waals surface area contributed by atoms with E-state index in [1.807, 2.05) is 0 Å². The summed E-state index contributed by atoms with van der Waals surface area (Å²) in [7, 11) is -1.50. The van der Waals surface area contributed by atoms with Crippen LogP contribution in [-0.2, 0) is 30.6 Å². The van der Waals surface area contributed by atoms with Gasteiger partial charge in [0, 0.05) is 6.04 Å². The molecule has 7 nitrogen and oxygen atoms in total. The first-order valence-electron chi connectivity index (χ1n) is 7.16. The zero-order chi connectivity index (χ0) is 16.9. The van der Waals surface area contributed by atoms with Crippen LogP contribution in [-0.4, -0.2) is 51.6 Å². The molecule has 8 heteroatoms. The molecule has 23 heavy (non-hydrogen) atoms. The van der Waals surface area contributed by atoms with Crippen LogP contribution in [0.25, 0.3) is 0 Å². The summed E-state index contributed by atoms with van der Waals surface area (Å²) >= 11 is 0. The number of hydrogen-bond acceptors (Lipinski definition) is 6. The van der Waals surface area contributed by atoms with Gasteiger partial charge in [0.1, 0.15) is 5.75 Å². The maximum atomic E-state index is 11.7. The fourth-order valence-electron chi connectivity index (χ4n) is 2.29. The Bertz CT molecular complexity index is 668. The average Bonchev–Trinajstić information content (AvgIpc) is 2.85. The minimum absolute atomic E-state index is 0.0507. The maximum absolute atomic E-state index is 11.7. The van der Waals surface area contributed by atoms with Crippen molar-refractivity contribution in [1.29, 1.82) is 0 Å². The summed E-state index contributed by atoms with van der Waals surface area (Å²) in [6.07, 6.45) is 0.447. The van der Waals surface area contributed by atoms with Gasteiger partial charge in [-0.05, 0) is 24.1 Å². The van der Waals surface area contributed by atoms with Gasteiger partial charge < -0.3 is 14.8 Å². The normalized spacial score (nSPS) is 19.1. The van der Waals surface area contributed by atoms with Gasteiger partial charge in [0.25, 0.3) is 5.91 Å². The lowest BCUT2D eigenvalue weighted by Gasteiger charge is -2.11. The number of amides is 1. The van der Waals surface area contributed by atoms with E-state index in [9.17, 15) is 18.0 Å². The molecule has 0 aromatic heterocycles. The number of benzene rings is 1. The Morgan fingerprint density at radius 3 is 2.52 bits per heavy atom. The number of esters is 1. The lowest BCUT2D eigenvalue weighted by molar-refractivity contribution is -0.148. The monoisotopic (exact) mass is 341 g/mol. The number of sulfone groups is 1. The maximum Gasteiger partial charge on any atom is 0.310 e. The second kappa shape index (κ2) is 7.45. The van der Waals surface area contributed by atoms with Gasteiger partial charge >= 0.3 is 5.97 Å². The van der Waals surface area contributed by atoms with E-state index < -0.39 is 34.4 Å². The summed E-state index contributed by atoms with van der Waals surface area (Å²) in [5.74, 6) is -0.305.